The van der Waals surface area contributed by atoms with E-state index in [0.29, 0.717) is 9.99 Å². The van der Waals surface area contributed by atoms with E-state index < -0.39 is 28.6 Å². The number of hydrogen-bond donors (Lipinski definition) is 1. The Bertz CT molecular complexity index is 1030. The van der Waals surface area contributed by atoms with Crippen LogP contribution in [-0.2, 0) is 6.54 Å². The summed E-state index contributed by atoms with van der Waals surface area (Å²) in [6.07, 6.45) is 1.14. The van der Waals surface area contributed by atoms with Gasteiger partial charge in [-0.1, -0.05) is 15.9 Å². The van der Waals surface area contributed by atoms with Crippen LogP contribution in [0.4, 0.5) is 8.78 Å². The number of aromatic carboxylic acids is 1. The lowest BCUT2D eigenvalue weighted by atomic mass is 10.1. The number of carboxylic acid groups (broad SMARTS) is 1. The van der Waals surface area contributed by atoms with Crippen molar-refractivity contribution < 1.29 is 18.7 Å². The molecule has 0 saturated heterocycles. The molecule has 1 aromatic heterocycles. The van der Waals surface area contributed by atoms with Crippen molar-refractivity contribution in [3.63, 3.8) is 0 Å². The third kappa shape index (κ3) is 2.94. The minimum atomic E-state index is -1.38. The van der Waals surface area contributed by atoms with Crippen LogP contribution in [0.2, 0.25) is 0 Å². The molecule has 0 atom stereocenters. The van der Waals surface area contributed by atoms with Crippen molar-refractivity contribution in [1.29, 1.82) is 0 Å². The van der Waals surface area contributed by atoms with Gasteiger partial charge in [-0.05, 0) is 36.4 Å². The van der Waals surface area contributed by atoms with E-state index in [9.17, 15) is 23.5 Å². The van der Waals surface area contributed by atoms with Gasteiger partial charge in [0.25, 0.3) is 0 Å². The Morgan fingerprint density at radius 1 is 1.17 bits per heavy atom. The first-order valence-corrected chi connectivity index (χ1v) is 7.66. The predicted molar refractivity (Wildman–Crippen MR) is 88.3 cm³/mol. The van der Waals surface area contributed by atoms with Gasteiger partial charge in [-0.2, -0.15) is 0 Å². The highest BCUT2D eigenvalue weighted by Gasteiger charge is 2.16. The van der Waals surface area contributed by atoms with Crippen LogP contribution >= 0.6 is 15.9 Å². The molecule has 2 aromatic carbocycles. The Morgan fingerprint density at radius 2 is 1.92 bits per heavy atom. The normalized spacial score (nSPS) is 11.0. The summed E-state index contributed by atoms with van der Waals surface area (Å²) in [6, 6.07) is 7.84. The Hall–Kier alpha value is -2.54. The van der Waals surface area contributed by atoms with E-state index in [0.717, 1.165) is 24.4 Å². The van der Waals surface area contributed by atoms with Gasteiger partial charge in [0.15, 0.2) is 0 Å². The number of carbonyl (C=O) groups is 1. The first-order chi connectivity index (χ1) is 11.4. The highest BCUT2D eigenvalue weighted by Crippen LogP contribution is 2.20. The number of pyridine rings is 1. The standard InChI is InChI=1S/C17H10BrF2NO3/c18-10-1-4-15-12(6-10)16(22)13(17(23)24)8-21(15)7-9-5-11(19)2-3-14(9)20/h1-6,8H,7H2,(H,23,24). The van der Waals surface area contributed by atoms with Gasteiger partial charge in [-0.15, -0.1) is 0 Å². The van der Waals surface area contributed by atoms with Crippen molar-refractivity contribution in [2.24, 2.45) is 0 Å². The summed E-state index contributed by atoms with van der Waals surface area (Å²) in [5.74, 6) is -2.59. The van der Waals surface area contributed by atoms with Gasteiger partial charge in [-0.25, -0.2) is 13.6 Å². The molecule has 0 aliphatic carbocycles. The van der Waals surface area contributed by atoms with Gasteiger partial charge in [-0.3, -0.25) is 4.79 Å². The molecule has 0 aliphatic heterocycles. The average Bonchev–Trinajstić information content (AvgIpc) is 2.53. The average molecular weight is 394 g/mol. The van der Waals surface area contributed by atoms with Crippen LogP contribution in [0.15, 0.2) is 51.9 Å². The lowest BCUT2D eigenvalue weighted by Crippen LogP contribution is -2.19. The maximum Gasteiger partial charge on any atom is 0.341 e. The molecule has 0 spiro atoms. The fraction of sp³-hybridized carbons (Fsp3) is 0.0588. The van der Waals surface area contributed by atoms with Crippen molar-refractivity contribution in [2.45, 2.75) is 6.54 Å². The highest BCUT2D eigenvalue weighted by molar-refractivity contribution is 9.10. The van der Waals surface area contributed by atoms with E-state index in [4.69, 9.17) is 0 Å². The summed E-state index contributed by atoms with van der Waals surface area (Å²) in [5.41, 5.74) is -0.580. The molecule has 0 saturated carbocycles. The van der Waals surface area contributed by atoms with Crippen LogP contribution in [0.5, 0.6) is 0 Å². The number of benzene rings is 2. The van der Waals surface area contributed by atoms with Gasteiger partial charge in [0.1, 0.15) is 17.2 Å². The Labute approximate surface area is 143 Å². The Kier molecular flexibility index (Phi) is 4.19. The van der Waals surface area contributed by atoms with E-state index >= 15 is 0 Å². The number of carboxylic acids is 1. The van der Waals surface area contributed by atoms with Crippen LogP contribution < -0.4 is 5.43 Å². The fourth-order valence-electron chi connectivity index (χ4n) is 2.50. The quantitative estimate of drug-likeness (QED) is 0.736. The lowest BCUT2D eigenvalue weighted by molar-refractivity contribution is 0.0695. The molecule has 3 rings (SSSR count). The molecule has 3 aromatic rings. The van der Waals surface area contributed by atoms with E-state index in [1.54, 1.807) is 12.1 Å². The molecule has 4 nitrogen and oxygen atoms in total. The summed E-state index contributed by atoms with van der Waals surface area (Å²) < 4.78 is 29.3. The molecule has 0 bridgehead atoms. The number of nitrogens with zero attached hydrogens (tertiary/aromatic N) is 1. The Morgan fingerprint density at radius 3 is 2.62 bits per heavy atom. The molecule has 122 valence electrons. The third-order valence-corrected chi connectivity index (χ3v) is 4.11. The van der Waals surface area contributed by atoms with Crippen LogP contribution in [0.3, 0.4) is 0 Å². The zero-order chi connectivity index (χ0) is 17.4. The van der Waals surface area contributed by atoms with E-state index in [2.05, 4.69) is 15.9 Å². The van der Waals surface area contributed by atoms with Gasteiger partial charge >= 0.3 is 5.97 Å². The molecule has 0 unspecified atom stereocenters. The second kappa shape index (κ2) is 6.16. The number of halogens is 3. The number of hydrogen-bond acceptors (Lipinski definition) is 2. The predicted octanol–water partition coefficient (Wildman–Crippen LogP) is 3.79. The summed E-state index contributed by atoms with van der Waals surface area (Å²) in [5, 5.41) is 9.41. The van der Waals surface area contributed by atoms with Crippen molar-refractivity contribution in [1.82, 2.24) is 4.57 Å². The fourth-order valence-corrected chi connectivity index (χ4v) is 2.86. The SMILES string of the molecule is O=C(O)c1cn(Cc2cc(F)ccc2F)c2ccc(Br)cc2c1=O. The zero-order valence-corrected chi connectivity index (χ0v) is 13.7. The largest absolute Gasteiger partial charge is 0.477 e. The van der Waals surface area contributed by atoms with Gasteiger partial charge in [0.2, 0.25) is 5.43 Å². The molecule has 7 heteroatoms. The molecule has 0 aliphatic rings. The van der Waals surface area contributed by atoms with E-state index in [1.165, 1.54) is 10.6 Å². The van der Waals surface area contributed by atoms with Gasteiger partial charge < -0.3 is 9.67 Å². The van der Waals surface area contributed by atoms with Crippen molar-refractivity contribution in [3.8, 4) is 0 Å². The minimum Gasteiger partial charge on any atom is -0.477 e. The van der Waals surface area contributed by atoms with Gasteiger partial charge in [0, 0.05) is 21.6 Å². The molecular formula is C17H10BrF2NO3. The molecular weight excluding hydrogens is 384 g/mol. The summed E-state index contributed by atoms with van der Waals surface area (Å²) in [7, 11) is 0. The molecule has 0 fully saturated rings. The van der Waals surface area contributed by atoms with Gasteiger partial charge in [0.05, 0.1) is 12.1 Å². The first kappa shape index (κ1) is 16.3. The first-order valence-electron chi connectivity index (χ1n) is 6.87. The van der Waals surface area contributed by atoms with Crippen LogP contribution in [0, 0.1) is 11.6 Å². The van der Waals surface area contributed by atoms with Crippen LogP contribution in [-0.4, -0.2) is 15.6 Å². The topological polar surface area (TPSA) is 59.3 Å². The monoisotopic (exact) mass is 393 g/mol. The Balaban J connectivity index is 2.27. The number of rotatable bonds is 3. The van der Waals surface area contributed by atoms with Crippen molar-refractivity contribution in [3.05, 3.63) is 80.1 Å². The molecule has 1 N–H and O–H groups in total. The van der Waals surface area contributed by atoms with Crippen LogP contribution in [0.1, 0.15) is 15.9 Å². The van der Waals surface area contributed by atoms with Crippen molar-refractivity contribution in [2.75, 3.05) is 0 Å². The molecule has 24 heavy (non-hydrogen) atoms. The minimum absolute atomic E-state index is 0.0548. The molecule has 0 amide bonds. The molecule has 0 radical (unpaired) electrons. The van der Waals surface area contributed by atoms with Crippen LogP contribution in [0.25, 0.3) is 10.9 Å². The van der Waals surface area contributed by atoms with E-state index in [1.807, 2.05) is 0 Å². The summed E-state index contributed by atoms with van der Waals surface area (Å²) in [6.45, 7) is -0.109. The maximum atomic E-state index is 13.9. The third-order valence-electron chi connectivity index (χ3n) is 3.62. The summed E-state index contributed by atoms with van der Waals surface area (Å²) in [4.78, 5) is 23.6. The lowest BCUT2D eigenvalue weighted by Gasteiger charge is -2.13. The maximum absolute atomic E-state index is 13.9. The summed E-state index contributed by atoms with van der Waals surface area (Å²) >= 11 is 3.24. The number of fused-ring (bicyclic) bond motifs is 1. The second-order valence-corrected chi connectivity index (χ2v) is 6.12. The number of aromatic nitrogens is 1. The second-order valence-electron chi connectivity index (χ2n) is 5.20. The van der Waals surface area contributed by atoms with Crippen molar-refractivity contribution >= 4 is 32.8 Å². The molecule has 1 heterocycles. The zero-order valence-electron chi connectivity index (χ0n) is 12.1. The van der Waals surface area contributed by atoms with E-state index in [-0.39, 0.29) is 17.5 Å². The highest BCUT2D eigenvalue weighted by atomic mass is 79.9. The smallest absolute Gasteiger partial charge is 0.341 e.